The predicted molar refractivity (Wildman–Crippen MR) is 363 cm³/mol. The second kappa shape index (κ2) is 47.7. The van der Waals surface area contributed by atoms with Gasteiger partial charge in [-0.05, 0) is 220 Å². The molecule has 1 aromatic rings. The highest BCUT2D eigenvalue weighted by atomic mass is 16.5. The van der Waals surface area contributed by atoms with Crippen molar-refractivity contribution in [1.82, 2.24) is 24.9 Å². The molecule has 81 heavy (non-hydrogen) atoms. The number of anilines is 1. The number of piperidine rings is 4. The second-order valence-electron chi connectivity index (χ2n) is 30.1. The normalized spacial score (nSPS) is 20.8. The summed E-state index contributed by atoms with van der Waals surface area (Å²) in [7, 11) is 0. The number of likely N-dealkylation sites (tertiary alicyclic amines) is 4. The first-order valence-electron chi connectivity index (χ1n) is 35.9. The van der Waals surface area contributed by atoms with E-state index in [9.17, 15) is 0 Å². The van der Waals surface area contributed by atoms with E-state index in [1.807, 2.05) is 12.1 Å². The van der Waals surface area contributed by atoms with E-state index >= 15 is 0 Å². The number of nitrogens with one attached hydrogen (secondary N) is 1. The van der Waals surface area contributed by atoms with Crippen LogP contribution in [0.5, 0.6) is 5.75 Å². The van der Waals surface area contributed by atoms with E-state index in [0.717, 1.165) is 84.6 Å². The van der Waals surface area contributed by atoms with E-state index in [1.54, 1.807) is 0 Å². The minimum Gasteiger partial charge on any atom is -0.490 e. The van der Waals surface area contributed by atoms with Crippen LogP contribution in [0.4, 0.5) is 5.69 Å². The van der Waals surface area contributed by atoms with Gasteiger partial charge in [-0.3, -0.25) is 0 Å². The molecule has 7 nitrogen and oxygen atoms in total. The van der Waals surface area contributed by atoms with Gasteiger partial charge in [0.2, 0.25) is 0 Å². The van der Waals surface area contributed by atoms with Gasteiger partial charge < -0.3 is 34.6 Å². The lowest BCUT2D eigenvalue weighted by Crippen LogP contribution is -2.35. The summed E-state index contributed by atoms with van der Waals surface area (Å²) in [6.45, 7) is 58.3. The van der Waals surface area contributed by atoms with Crippen molar-refractivity contribution in [1.29, 1.82) is 0 Å². The molecule has 478 valence electrons. The Labute approximate surface area is 509 Å². The minimum absolute atomic E-state index is 0.696. The van der Waals surface area contributed by atoms with Crippen LogP contribution in [0.25, 0.3) is 0 Å². The summed E-state index contributed by atoms with van der Waals surface area (Å²) < 4.78 is 5.59. The van der Waals surface area contributed by atoms with Crippen molar-refractivity contribution in [2.45, 2.75) is 265 Å². The van der Waals surface area contributed by atoms with Gasteiger partial charge in [-0.2, -0.15) is 0 Å². The molecule has 6 aliphatic heterocycles. The molecule has 8 aliphatic rings. The lowest BCUT2D eigenvalue weighted by atomic mass is 9.84. The molecule has 1 N–H and O–H groups in total. The summed E-state index contributed by atoms with van der Waals surface area (Å²) >= 11 is 0. The molecule has 9 rings (SSSR count). The first-order valence-corrected chi connectivity index (χ1v) is 35.9. The van der Waals surface area contributed by atoms with E-state index in [1.165, 1.54) is 251 Å². The van der Waals surface area contributed by atoms with Gasteiger partial charge in [-0.1, -0.05) is 200 Å². The Morgan fingerprint density at radius 2 is 0.691 bits per heavy atom. The zero-order valence-corrected chi connectivity index (χ0v) is 57.8. The average molecular weight is 1140 g/mol. The zero-order chi connectivity index (χ0) is 59.6. The van der Waals surface area contributed by atoms with Crippen molar-refractivity contribution in [3.05, 3.63) is 24.3 Å². The fraction of sp³-hybridized carbons (Fsp3) is 0.919. The molecule has 0 radical (unpaired) electrons. The van der Waals surface area contributed by atoms with E-state index in [2.05, 4.69) is 153 Å². The van der Waals surface area contributed by atoms with Gasteiger partial charge in [0, 0.05) is 32.7 Å². The van der Waals surface area contributed by atoms with Crippen LogP contribution in [-0.4, -0.2) is 131 Å². The Balaban J connectivity index is 0.000000318. The van der Waals surface area contributed by atoms with E-state index < -0.39 is 0 Å². The van der Waals surface area contributed by atoms with Gasteiger partial charge in [-0.25, -0.2) is 0 Å². The molecule has 0 bridgehead atoms. The number of fused-ring (bicyclic) bond motifs is 1. The molecular formula is C74H146N6O. The molecule has 2 saturated carbocycles. The standard InChI is InChI=1S/C12H17NO.C10H20.3C9H19N.C9H18.2C8H17N/c1-10(2)9-13-7-8-14-12-6-4-3-5-11(12)13;4*1-9(2)8-10-6-4-3-5-7-10;1-8(2)7-9-5-3-4-6-9;1-7(2)8-3-5-9-6-4-8;1-8(2)7-9-5-3-4-6-9/h3-6,10H,7-9H2,1-2H3;9-10H,3-8H2,1-2H3;3*9H,3-8H2,1-2H3;8-9H,3-7H2,1-2H3;7-9H,3-6H2,1-2H3;8H,3-7H2,1-2H3. The first-order chi connectivity index (χ1) is 38.8. The molecule has 7 fully saturated rings. The summed E-state index contributed by atoms with van der Waals surface area (Å²) in [6, 6.07) is 8.28. The number of hydrogen-bond acceptors (Lipinski definition) is 7. The quantitative estimate of drug-likeness (QED) is 0.188. The molecule has 7 heteroatoms. The Kier molecular flexibility index (Phi) is 44.6. The summed E-state index contributed by atoms with van der Waals surface area (Å²) in [4.78, 5) is 12.7. The minimum atomic E-state index is 0.696. The van der Waals surface area contributed by atoms with E-state index in [4.69, 9.17) is 4.74 Å². The smallest absolute Gasteiger partial charge is 0.142 e. The summed E-state index contributed by atoms with van der Waals surface area (Å²) in [5.74, 6) is 11.0. The van der Waals surface area contributed by atoms with Crippen LogP contribution in [0, 0.1) is 65.1 Å². The maximum atomic E-state index is 5.59. The third-order valence-corrected chi connectivity index (χ3v) is 17.6. The van der Waals surface area contributed by atoms with Crippen molar-refractivity contribution < 1.29 is 4.74 Å². The van der Waals surface area contributed by atoms with E-state index in [-0.39, 0.29) is 0 Å². The van der Waals surface area contributed by atoms with Crippen LogP contribution in [0.3, 0.4) is 0 Å². The van der Waals surface area contributed by atoms with Crippen LogP contribution < -0.4 is 15.0 Å². The maximum absolute atomic E-state index is 5.59. The lowest BCUT2D eigenvalue weighted by molar-refractivity contribution is 0.206. The topological polar surface area (TPSA) is 37.5 Å². The molecule has 1 aromatic carbocycles. The number of benzene rings is 1. The Morgan fingerprint density at radius 1 is 0.370 bits per heavy atom. The number of nitrogens with zero attached hydrogens (tertiary/aromatic N) is 5. The number of para-hydroxylation sites is 2. The van der Waals surface area contributed by atoms with Crippen molar-refractivity contribution in [2.24, 2.45) is 65.1 Å². The fourth-order valence-corrected chi connectivity index (χ4v) is 13.8. The van der Waals surface area contributed by atoms with Crippen LogP contribution in [-0.2, 0) is 0 Å². The molecular weight excluding hydrogens is 989 g/mol. The van der Waals surface area contributed by atoms with Gasteiger partial charge in [0.15, 0.2) is 0 Å². The third kappa shape index (κ3) is 41.4. The largest absolute Gasteiger partial charge is 0.490 e. The average Bonchev–Trinajstić information content (AvgIpc) is 4.17. The number of hydrogen-bond donors (Lipinski definition) is 1. The van der Waals surface area contributed by atoms with Crippen LogP contribution in [0.2, 0.25) is 0 Å². The first kappa shape index (κ1) is 75.7. The lowest BCUT2D eigenvalue weighted by Gasteiger charge is -2.32. The number of rotatable bonds is 15. The summed E-state index contributed by atoms with van der Waals surface area (Å²) in [5, 5.41) is 3.37. The maximum Gasteiger partial charge on any atom is 0.142 e. The van der Waals surface area contributed by atoms with E-state index in [0.29, 0.717) is 5.92 Å². The molecule has 0 spiro atoms. The van der Waals surface area contributed by atoms with Crippen molar-refractivity contribution in [3.8, 4) is 5.75 Å². The van der Waals surface area contributed by atoms with Crippen molar-refractivity contribution in [3.63, 3.8) is 0 Å². The third-order valence-electron chi connectivity index (χ3n) is 17.6. The molecule has 2 aliphatic carbocycles. The fourth-order valence-electron chi connectivity index (χ4n) is 13.8. The summed E-state index contributed by atoms with van der Waals surface area (Å²) in [6.07, 6.45) is 35.0. The Hall–Kier alpha value is -1.38. The van der Waals surface area contributed by atoms with Crippen LogP contribution in [0.15, 0.2) is 24.3 Å². The van der Waals surface area contributed by atoms with Gasteiger partial charge in [0.05, 0.1) is 12.2 Å². The van der Waals surface area contributed by atoms with Gasteiger partial charge in [0.1, 0.15) is 12.4 Å². The second-order valence-corrected chi connectivity index (χ2v) is 30.1. The SMILES string of the molecule is CC(C)C1CCNCC1.CC(C)CC1CCCC1.CC(C)CC1CCCCC1.CC(C)CN1CCCC1.CC(C)CN1CCCCC1.CC(C)CN1CCCCC1.CC(C)CN1CCCCC1.CC(C)CN1CCOc2ccccc21. The monoisotopic (exact) mass is 1140 g/mol. The summed E-state index contributed by atoms with van der Waals surface area (Å²) in [5.41, 5.74) is 1.24. The number of ether oxygens (including phenoxy) is 1. The molecule has 0 aromatic heterocycles. The van der Waals surface area contributed by atoms with Gasteiger partial charge >= 0.3 is 0 Å². The van der Waals surface area contributed by atoms with Crippen molar-refractivity contribution >= 4 is 5.69 Å². The predicted octanol–water partition coefficient (Wildman–Crippen LogP) is 19.1. The zero-order valence-electron chi connectivity index (χ0n) is 57.8. The highest BCUT2D eigenvalue weighted by Gasteiger charge is 2.20. The molecule has 5 saturated heterocycles. The molecule has 0 unspecified atom stereocenters. The Bertz CT molecular complexity index is 1380. The van der Waals surface area contributed by atoms with Crippen LogP contribution in [0.1, 0.15) is 265 Å². The molecule has 0 amide bonds. The van der Waals surface area contributed by atoms with Gasteiger partial charge in [0.25, 0.3) is 0 Å². The van der Waals surface area contributed by atoms with Crippen LogP contribution >= 0.6 is 0 Å². The molecule has 0 atom stereocenters. The highest BCUT2D eigenvalue weighted by Crippen LogP contribution is 2.32. The molecule has 6 heterocycles. The highest BCUT2D eigenvalue weighted by molar-refractivity contribution is 5.59. The Morgan fingerprint density at radius 3 is 1.01 bits per heavy atom. The van der Waals surface area contributed by atoms with Gasteiger partial charge in [-0.15, -0.1) is 0 Å². The van der Waals surface area contributed by atoms with Crippen molar-refractivity contribution in [2.75, 3.05) is 116 Å².